The van der Waals surface area contributed by atoms with Crippen molar-refractivity contribution in [1.82, 2.24) is 14.9 Å². The second kappa shape index (κ2) is 11.3. The van der Waals surface area contributed by atoms with Crippen LogP contribution in [0, 0.1) is 0 Å². The first-order valence-electron chi connectivity index (χ1n) is 12.6. The molecule has 0 spiro atoms. The van der Waals surface area contributed by atoms with Crippen LogP contribution in [0.3, 0.4) is 0 Å². The van der Waals surface area contributed by atoms with Crippen LogP contribution in [0.25, 0.3) is 22.2 Å². The van der Waals surface area contributed by atoms with Crippen molar-refractivity contribution in [3.63, 3.8) is 0 Å². The molecule has 0 aliphatic carbocycles. The molecule has 8 nitrogen and oxygen atoms in total. The minimum atomic E-state index is -0.665. The van der Waals surface area contributed by atoms with Crippen molar-refractivity contribution in [1.29, 1.82) is 0 Å². The summed E-state index contributed by atoms with van der Waals surface area (Å²) in [6.07, 6.45) is 1.40. The number of carbonyl (C=O) groups is 1. The molecule has 8 heteroatoms. The summed E-state index contributed by atoms with van der Waals surface area (Å²) in [5.41, 5.74) is 5.69. The van der Waals surface area contributed by atoms with Gasteiger partial charge in [0.2, 0.25) is 0 Å². The van der Waals surface area contributed by atoms with E-state index in [-0.39, 0.29) is 6.09 Å². The Hall–Kier alpha value is -4.17. The highest BCUT2D eigenvalue weighted by atomic mass is 16.6. The van der Waals surface area contributed by atoms with Gasteiger partial charge in [0, 0.05) is 38.3 Å². The highest BCUT2D eigenvalue weighted by Crippen LogP contribution is 2.26. The Bertz CT molecular complexity index is 1340. The number of hydrogen-bond acceptors (Lipinski definition) is 7. The summed E-state index contributed by atoms with van der Waals surface area (Å²) in [6.45, 7) is 4.76. The first kappa shape index (κ1) is 24.5. The van der Waals surface area contributed by atoms with E-state index in [1.54, 1.807) is 11.1 Å². The summed E-state index contributed by atoms with van der Waals surface area (Å²) >= 11 is 0. The van der Waals surface area contributed by atoms with Crippen LogP contribution < -0.4 is 10.2 Å². The van der Waals surface area contributed by atoms with Crippen LogP contribution in [0.15, 0.2) is 79.0 Å². The SMILES string of the molecule is CCOC(=O)N1CCN(c2cnc3ccc(-c4ccc(NC(O)Cc5ccccc5)cc4)cc3n2)CC1. The summed E-state index contributed by atoms with van der Waals surface area (Å²) in [6, 6.07) is 24.0. The number of rotatable bonds is 7. The predicted octanol–water partition coefficient (Wildman–Crippen LogP) is 4.55. The topological polar surface area (TPSA) is 90.8 Å². The van der Waals surface area contributed by atoms with E-state index in [1.807, 2.05) is 79.7 Å². The van der Waals surface area contributed by atoms with Gasteiger partial charge in [-0.2, -0.15) is 0 Å². The lowest BCUT2D eigenvalue weighted by Gasteiger charge is -2.34. The molecule has 1 aliphatic heterocycles. The van der Waals surface area contributed by atoms with E-state index >= 15 is 0 Å². The molecule has 1 fully saturated rings. The number of benzene rings is 3. The van der Waals surface area contributed by atoms with E-state index in [0.29, 0.717) is 39.2 Å². The zero-order valence-corrected chi connectivity index (χ0v) is 20.9. The normalized spacial score (nSPS) is 14.4. The zero-order valence-electron chi connectivity index (χ0n) is 20.9. The molecule has 5 rings (SSSR count). The van der Waals surface area contributed by atoms with Gasteiger partial charge in [-0.05, 0) is 47.9 Å². The van der Waals surface area contributed by atoms with Crippen molar-refractivity contribution >= 4 is 28.6 Å². The number of nitrogens with one attached hydrogen (secondary N) is 1. The summed E-state index contributed by atoms with van der Waals surface area (Å²) in [4.78, 5) is 25.3. The van der Waals surface area contributed by atoms with Crippen LogP contribution in [-0.4, -0.2) is 65.1 Å². The quantitative estimate of drug-likeness (QED) is 0.362. The summed E-state index contributed by atoms with van der Waals surface area (Å²) < 4.78 is 5.11. The van der Waals surface area contributed by atoms with Gasteiger partial charge in [0.1, 0.15) is 12.0 Å². The van der Waals surface area contributed by atoms with Gasteiger partial charge in [0.15, 0.2) is 0 Å². The Labute approximate surface area is 216 Å². The van der Waals surface area contributed by atoms with E-state index in [9.17, 15) is 9.90 Å². The Morgan fingerprint density at radius 1 is 0.973 bits per heavy atom. The number of hydrogen-bond donors (Lipinski definition) is 2. The molecule has 1 unspecified atom stereocenters. The number of ether oxygens (including phenoxy) is 1. The third-order valence-electron chi connectivity index (χ3n) is 6.48. The third kappa shape index (κ3) is 5.98. The van der Waals surface area contributed by atoms with Crippen LogP contribution >= 0.6 is 0 Å². The molecule has 1 aliphatic rings. The standard InChI is InChI=1S/C29H31N5O3/c1-2-37-29(36)34-16-14-33(15-17-34)27-20-30-25-13-10-23(19-26(25)32-27)22-8-11-24(12-9-22)31-28(35)18-21-6-4-3-5-7-21/h3-13,19-20,28,31,35H,2,14-18H2,1H3. The molecular weight excluding hydrogens is 466 g/mol. The predicted molar refractivity (Wildman–Crippen MR) is 146 cm³/mol. The zero-order chi connectivity index (χ0) is 25.6. The molecular formula is C29H31N5O3. The minimum Gasteiger partial charge on any atom is -0.450 e. The molecule has 2 N–H and O–H groups in total. The number of aliphatic hydroxyl groups is 1. The molecule has 1 atom stereocenters. The summed E-state index contributed by atoms with van der Waals surface area (Å²) in [5.74, 6) is 0.806. The molecule has 1 aromatic heterocycles. The number of aromatic nitrogens is 2. The van der Waals surface area contributed by atoms with Crippen molar-refractivity contribution in [2.45, 2.75) is 19.6 Å². The monoisotopic (exact) mass is 497 g/mol. The van der Waals surface area contributed by atoms with Crippen LogP contribution in [0.2, 0.25) is 0 Å². The molecule has 0 saturated carbocycles. The smallest absolute Gasteiger partial charge is 0.409 e. The van der Waals surface area contributed by atoms with Crippen LogP contribution in [-0.2, 0) is 11.2 Å². The van der Waals surface area contributed by atoms with Gasteiger partial charge in [0.05, 0.1) is 23.8 Å². The van der Waals surface area contributed by atoms with Gasteiger partial charge in [-0.15, -0.1) is 0 Å². The molecule has 2 heterocycles. The van der Waals surface area contributed by atoms with Gasteiger partial charge in [-0.25, -0.2) is 9.78 Å². The number of anilines is 2. The van der Waals surface area contributed by atoms with Crippen molar-refractivity contribution in [2.75, 3.05) is 43.0 Å². The van der Waals surface area contributed by atoms with E-state index in [4.69, 9.17) is 9.72 Å². The number of fused-ring (bicyclic) bond motifs is 1. The molecule has 1 amide bonds. The lowest BCUT2D eigenvalue weighted by Crippen LogP contribution is -2.49. The maximum atomic E-state index is 12.0. The molecule has 3 aromatic carbocycles. The number of piperazine rings is 1. The van der Waals surface area contributed by atoms with Gasteiger partial charge in [-0.3, -0.25) is 4.98 Å². The van der Waals surface area contributed by atoms with Crippen molar-refractivity contribution in [3.8, 4) is 11.1 Å². The highest BCUT2D eigenvalue weighted by Gasteiger charge is 2.23. The van der Waals surface area contributed by atoms with Crippen molar-refractivity contribution in [2.24, 2.45) is 0 Å². The molecule has 0 bridgehead atoms. The fourth-order valence-corrected chi connectivity index (χ4v) is 4.51. The van der Waals surface area contributed by atoms with Crippen molar-refractivity contribution < 1.29 is 14.6 Å². The molecule has 4 aromatic rings. The average Bonchev–Trinajstić information content (AvgIpc) is 2.93. The first-order chi connectivity index (χ1) is 18.1. The Morgan fingerprint density at radius 3 is 2.43 bits per heavy atom. The minimum absolute atomic E-state index is 0.261. The van der Waals surface area contributed by atoms with E-state index < -0.39 is 6.23 Å². The highest BCUT2D eigenvalue weighted by molar-refractivity contribution is 5.82. The third-order valence-corrected chi connectivity index (χ3v) is 6.48. The van der Waals surface area contributed by atoms with E-state index in [1.165, 1.54) is 0 Å². The molecule has 1 saturated heterocycles. The largest absolute Gasteiger partial charge is 0.450 e. The van der Waals surface area contributed by atoms with E-state index in [2.05, 4.69) is 15.2 Å². The Kier molecular flexibility index (Phi) is 7.46. The summed E-state index contributed by atoms with van der Waals surface area (Å²) in [5, 5.41) is 13.6. The summed E-state index contributed by atoms with van der Waals surface area (Å²) in [7, 11) is 0. The Balaban J connectivity index is 1.25. The first-order valence-corrected chi connectivity index (χ1v) is 12.6. The number of amides is 1. The maximum absolute atomic E-state index is 12.0. The number of nitrogens with zero attached hydrogens (tertiary/aromatic N) is 4. The number of aliphatic hydroxyl groups excluding tert-OH is 1. The van der Waals surface area contributed by atoms with Crippen LogP contribution in [0.4, 0.5) is 16.3 Å². The van der Waals surface area contributed by atoms with E-state index in [0.717, 1.165) is 39.2 Å². The van der Waals surface area contributed by atoms with Gasteiger partial charge >= 0.3 is 6.09 Å². The Morgan fingerprint density at radius 2 is 1.70 bits per heavy atom. The van der Waals surface area contributed by atoms with Crippen LogP contribution in [0.5, 0.6) is 0 Å². The molecule has 0 radical (unpaired) electrons. The second-order valence-corrected chi connectivity index (χ2v) is 9.03. The maximum Gasteiger partial charge on any atom is 0.409 e. The molecule has 190 valence electrons. The van der Waals surface area contributed by atoms with Gasteiger partial charge in [-0.1, -0.05) is 48.5 Å². The van der Waals surface area contributed by atoms with Gasteiger partial charge in [0.25, 0.3) is 0 Å². The van der Waals surface area contributed by atoms with Crippen molar-refractivity contribution in [3.05, 3.63) is 84.6 Å². The molecule has 37 heavy (non-hydrogen) atoms. The number of carbonyl (C=O) groups excluding carboxylic acids is 1. The lowest BCUT2D eigenvalue weighted by molar-refractivity contribution is 0.105. The fraction of sp³-hybridized carbons (Fsp3) is 0.276. The lowest BCUT2D eigenvalue weighted by atomic mass is 10.0. The average molecular weight is 498 g/mol. The second-order valence-electron chi connectivity index (χ2n) is 9.03. The van der Waals surface area contributed by atoms with Crippen LogP contribution in [0.1, 0.15) is 12.5 Å². The fourth-order valence-electron chi connectivity index (χ4n) is 4.51. The van der Waals surface area contributed by atoms with Gasteiger partial charge < -0.3 is 25.0 Å².